The van der Waals surface area contributed by atoms with E-state index in [1.54, 1.807) is 0 Å². The number of hydrogen-bond donors (Lipinski definition) is 22. The first-order valence-electron chi connectivity index (χ1n) is 24.6. The highest BCUT2D eigenvalue weighted by molar-refractivity contribution is 5.79. The molecule has 24 atom stereocenters. The van der Waals surface area contributed by atoms with E-state index in [0.717, 1.165) is 27.7 Å². The van der Waals surface area contributed by atoms with E-state index in [1.807, 2.05) is 0 Å². The van der Waals surface area contributed by atoms with E-state index in [9.17, 15) is 130 Å². The first-order valence-corrected chi connectivity index (χ1v) is 24.6. The lowest BCUT2D eigenvalue weighted by Crippen LogP contribution is -2.69. The second-order valence-electron chi connectivity index (χ2n) is 19.9. The van der Waals surface area contributed by atoms with Crippen LogP contribution in [0.25, 0.3) is 0 Å². The van der Waals surface area contributed by atoms with Crippen LogP contribution in [-0.2, 0) is 71.5 Å². The first kappa shape index (κ1) is 68.4. The molecule has 4 aliphatic rings. The topological polar surface area (TPSA) is 613 Å². The van der Waals surface area contributed by atoms with Crippen molar-refractivity contribution in [3.63, 3.8) is 0 Å². The highest BCUT2D eigenvalue weighted by Gasteiger charge is 2.61. The van der Waals surface area contributed by atoms with Crippen molar-refractivity contribution < 1.29 is 163 Å². The van der Waals surface area contributed by atoms with Crippen LogP contribution in [0.1, 0.15) is 53.4 Å². The predicted molar refractivity (Wildman–Crippen MR) is 249 cm³/mol. The number of carboxylic acids is 4. The van der Waals surface area contributed by atoms with Crippen molar-refractivity contribution in [3.8, 4) is 0 Å². The summed E-state index contributed by atoms with van der Waals surface area (Å²) in [5.41, 5.74) is 0. The van der Waals surface area contributed by atoms with Gasteiger partial charge in [-0.1, -0.05) is 0 Å². The van der Waals surface area contributed by atoms with E-state index in [0.29, 0.717) is 0 Å². The Morgan fingerprint density at radius 2 is 0.654 bits per heavy atom. The molecule has 4 fully saturated rings. The number of hydrogen-bond acceptors (Lipinski definition) is 29. The summed E-state index contributed by atoms with van der Waals surface area (Å²) < 4.78 is 37.8. The van der Waals surface area contributed by atoms with Gasteiger partial charge in [0.1, 0.15) is 73.2 Å². The third-order valence-electron chi connectivity index (χ3n) is 13.7. The lowest BCUT2D eigenvalue weighted by molar-refractivity contribution is -0.332. The zero-order chi connectivity index (χ0) is 61.6. The monoisotopic (exact) mass is 1180 g/mol. The van der Waals surface area contributed by atoms with Gasteiger partial charge in [-0.25, -0.2) is 19.2 Å². The number of rotatable bonds is 26. The van der Waals surface area contributed by atoms with Crippen LogP contribution in [0.2, 0.25) is 0 Å². The van der Waals surface area contributed by atoms with Crippen LogP contribution < -0.4 is 21.3 Å². The van der Waals surface area contributed by atoms with E-state index in [2.05, 4.69) is 21.3 Å². The van der Waals surface area contributed by atoms with Gasteiger partial charge in [0.05, 0.1) is 75.0 Å². The third-order valence-corrected chi connectivity index (χ3v) is 13.7. The number of carbonyl (C=O) groups excluding carboxylic acids is 4. The fourth-order valence-corrected chi connectivity index (χ4v) is 9.60. The number of ether oxygens (including phenoxy) is 7. The summed E-state index contributed by atoms with van der Waals surface area (Å²) in [6, 6.07) is -7.20. The Kier molecular flexibility index (Phi) is 23.3. The van der Waals surface area contributed by atoms with Crippen molar-refractivity contribution in [1.29, 1.82) is 0 Å². The lowest BCUT2D eigenvalue weighted by atomic mass is 9.87. The highest BCUT2D eigenvalue weighted by atomic mass is 16.8. The maximum atomic E-state index is 13.0. The molecule has 4 heterocycles. The molecule has 22 N–H and O–H groups in total. The number of carbonyl (C=O) groups is 8. The average Bonchev–Trinajstić information content (AvgIpc) is 3.40. The summed E-state index contributed by atoms with van der Waals surface area (Å²) >= 11 is 0. The zero-order valence-electron chi connectivity index (χ0n) is 43.4. The van der Waals surface area contributed by atoms with E-state index >= 15 is 0 Å². The molecule has 0 radical (unpaired) electrons. The second-order valence-corrected chi connectivity index (χ2v) is 19.9. The molecular formula is C44H70N4O33. The molecule has 0 aromatic carbocycles. The molecule has 4 aliphatic heterocycles. The minimum absolute atomic E-state index is 0.841. The van der Waals surface area contributed by atoms with Gasteiger partial charge >= 0.3 is 23.9 Å². The zero-order valence-corrected chi connectivity index (χ0v) is 43.4. The van der Waals surface area contributed by atoms with Gasteiger partial charge in [0, 0.05) is 53.4 Å². The van der Waals surface area contributed by atoms with Crippen molar-refractivity contribution in [1.82, 2.24) is 21.3 Å². The van der Waals surface area contributed by atoms with Crippen LogP contribution in [-0.4, -0.2) is 311 Å². The fraction of sp³-hybridized carbons (Fsp3) is 0.818. The standard InChI is InChI=1S/C44H70N4O33/c1-13(50)45-25-17(54)5-41(74,37(66)67)78-33(25)30(63)22(59)10-75-43(39(70)71)7-19(56)27(47-15(3)52)35(80-43)32(65)24(61)12-77-44(40(72)73)8-20(57)28(48-16(4)53)36(81-44)31(64)23(60)11-76-42(38(68)69)6-18(55)26(46-14(2)51)34(79-42)29(62)21(58)9-49/h17-36,49,54-65,74H,5-12H2,1-4H3,(H,45,50)(H,46,51)(H,47,52)(H,48,53)(H,66,67)(H,68,69)(H,70,71)(H,72,73)/t17-,18-,19-,20-,21+,22+,23+,24+,25+,26+,27+,28+,29+,30+,31+,32+,33+,34+,35+,36+,41+,42+,43+,44+/m0/s1. The molecule has 464 valence electrons. The van der Waals surface area contributed by atoms with Gasteiger partial charge in [0.15, 0.2) is 0 Å². The van der Waals surface area contributed by atoms with Gasteiger partial charge in [-0.05, 0) is 0 Å². The van der Waals surface area contributed by atoms with Crippen LogP contribution in [0.15, 0.2) is 0 Å². The molecule has 0 aromatic heterocycles. The molecule has 4 amide bonds. The van der Waals surface area contributed by atoms with Gasteiger partial charge < -0.3 is 146 Å². The molecule has 0 unspecified atom stereocenters. The second kappa shape index (κ2) is 27.5. The Hall–Kier alpha value is -5.08. The van der Waals surface area contributed by atoms with E-state index in [-0.39, 0.29) is 0 Å². The quantitative estimate of drug-likeness (QED) is 0.0382. The van der Waals surface area contributed by atoms with Crippen molar-refractivity contribution in [2.75, 3.05) is 26.4 Å². The van der Waals surface area contributed by atoms with Crippen LogP contribution in [0.5, 0.6) is 0 Å². The van der Waals surface area contributed by atoms with E-state index in [4.69, 9.17) is 33.2 Å². The molecule has 0 bridgehead atoms. The fourth-order valence-electron chi connectivity index (χ4n) is 9.60. The highest BCUT2D eigenvalue weighted by Crippen LogP contribution is 2.39. The molecule has 37 nitrogen and oxygen atoms in total. The Bertz CT molecular complexity index is 2250. The van der Waals surface area contributed by atoms with Gasteiger partial charge in [-0.3, -0.25) is 19.2 Å². The third kappa shape index (κ3) is 15.8. The molecule has 4 rings (SSSR count). The molecule has 0 aliphatic carbocycles. The van der Waals surface area contributed by atoms with Crippen LogP contribution in [0, 0.1) is 0 Å². The van der Waals surface area contributed by atoms with Crippen LogP contribution in [0.4, 0.5) is 0 Å². The maximum absolute atomic E-state index is 13.0. The lowest BCUT2D eigenvalue weighted by Gasteiger charge is -2.48. The minimum atomic E-state index is -3.30. The van der Waals surface area contributed by atoms with E-state index in [1.165, 1.54) is 0 Å². The Morgan fingerprint density at radius 1 is 0.420 bits per heavy atom. The van der Waals surface area contributed by atoms with Crippen molar-refractivity contribution in [2.24, 2.45) is 0 Å². The Morgan fingerprint density at radius 3 is 0.877 bits per heavy atom. The molecular weight excluding hydrogens is 1110 g/mol. The van der Waals surface area contributed by atoms with Crippen molar-refractivity contribution >= 4 is 47.5 Å². The number of aliphatic hydroxyl groups is 14. The normalized spacial score (nSPS) is 37.4. The number of carboxylic acid groups (broad SMARTS) is 4. The van der Waals surface area contributed by atoms with Gasteiger partial charge in [-0.15, -0.1) is 0 Å². The predicted octanol–water partition coefficient (Wildman–Crippen LogP) is -12.4. The number of aliphatic carboxylic acids is 4. The maximum Gasteiger partial charge on any atom is 0.364 e. The van der Waals surface area contributed by atoms with E-state index < -0.39 is 245 Å². The number of nitrogens with one attached hydrogen (secondary N) is 4. The van der Waals surface area contributed by atoms with Crippen molar-refractivity contribution in [2.45, 2.75) is 198 Å². The smallest absolute Gasteiger partial charge is 0.364 e. The molecule has 37 heteroatoms. The SMILES string of the molecule is CC(=O)N[C@H]1[C@H]([C@H](O)[C@H](O)CO)O[C@@](OC[C@@H](O)[C@@H](O)[C@@H]2O[C@@](OC[C@@H](O)[C@@H](O)[C@@H]3O[C@@](OC[C@@H](O)[C@@H](O)[C@@H]4O[C@@](O)(C(=O)O)C[C@H](O)[C@H]4NC(C)=O)(C(=O)O)C[C@H](O)[C@H]3NC(C)=O)(C(=O)O)C[C@H](O)[C@H]2NC(C)=O)(C(=O)O)C[C@@H]1O. The number of amides is 4. The molecule has 81 heavy (non-hydrogen) atoms. The average molecular weight is 1180 g/mol. The summed E-state index contributed by atoms with van der Waals surface area (Å²) in [6.07, 6.45) is -41.3. The minimum Gasteiger partial charge on any atom is -0.477 e. The Balaban J connectivity index is 1.60. The summed E-state index contributed by atoms with van der Waals surface area (Å²) in [6.45, 7) is -1.76. The summed E-state index contributed by atoms with van der Waals surface area (Å²) in [4.78, 5) is 98.9. The molecule has 0 spiro atoms. The summed E-state index contributed by atoms with van der Waals surface area (Å²) in [5, 5.41) is 202. The van der Waals surface area contributed by atoms with Crippen LogP contribution >= 0.6 is 0 Å². The molecule has 0 saturated carbocycles. The van der Waals surface area contributed by atoms with Gasteiger partial charge in [-0.2, -0.15) is 0 Å². The molecule has 4 saturated heterocycles. The molecule has 0 aromatic rings. The van der Waals surface area contributed by atoms with Crippen molar-refractivity contribution in [3.05, 3.63) is 0 Å². The summed E-state index contributed by atoms with van der Waals surface area (Å²) in [5.74, 6) is -25.0. The number of aliphatic hydroxyl groups excluding tert-OH is 13. The van der Waals surface area contributed by atoms with Crippen LogP contribution in [0.3, 0.4) is 0 Å². The van der Waals surface area contributed by atoms with Gasteiger partial charge in [0.25, 0.3) is 23.1 Å². The first-order chi connectivity index (χ1) is 37.4. The Labute approximate surface area is 456 Å². The van der Waals surface area contributed by atoms with Gasteiger partial charge in [0.2, 0.25) is 23.6 Å². The largest absolute Gasteiger partial charge is 0.477 e. The summed E-state index contributed by atoms with van der Waals surface area (Å²) in [7, 11) is 0.